The highest BCUT2D eigenvalue weighted by molar-refractivity contribution is 5.93. The SMILES string of the molecule is CC(=O)N(CCNC(=O)c1ccoc1)C1CCOCC1. The van der Waals surface area contributed by atoms with E-state index >= 15 is 0 Å². The first-order valence-corrected chi connectivity index (χ1v) is 6.84. The van der Waals surface area contributed by atoms with Crippen LogP contribution in [0.15, 0.2) is 23.0 Å². The molecule has 2 rings (SSSR count). The molecule has 2 amide bonds. The van der Waals surface area contributed by atoms with Crippen molar-refractivity contribution in [2.45, 2.75) is 25.8 Å². The molecule has 110 valence electrons. The smallest absolute Gasteiger partial charge is 0.254 e. The number of carbonyl (C=O) groups excluding carboxylic acids is 2. The van der Waals surface area contributed by atoms with Gasteiger partial charge in [-0.3, -0.25) is 9.59 Å². The first kappa shape index (κ1) is 14.6. The topological polar surface area (TPSA) is 71.8 Å². The number of carbonyl (C=O) groups is 2. The quantitative estimate of drug-likeness (QED) is 0.874. The van der Waals surface area contributed by atoms with Crippen LogP contribution in [0.1, 0.15) is 30.1 Å². The van der Waals surface area contributed by atoms with Crippen molar-refractivity contribution in [3.63, 3.8) is 0 Å². The maximum Gasteiger partial charge on any atom is 0.254 e. The van der Waals surface area contributed by atoms with Gasteiger partial charge in [0.1, 0.15) is 6.26 Å². The van der Waals surface area contributed by atoms with Gasteiger partial charge in [0.05, 0.1) is 11.8 Å². The highest BCUT2D eigenvalue weighted by Crippen LogP contribution is 2.14. The van der Waals surface area contributed by atoms with Gasteiger partial charge in [-0.2, -0.15) is 0 Å². The highest BCUT2D eigenvalue weighted by atomic mass is 16.5. The Morgan fingerprint density at radius 3 is 2.75 bits per heavy atom. The zero-order valence-corrected chi connectivity index (χ0v) is 11.6. The second kappa shape index (κ2) is 7.09. The number of rotatable bonds is 5. The van der Waals surface area contributed by atoms with Crippen molar-refractivity contribution in [2.75, 3.05) is 26.3 Å². The van der Waals surface area contributed by atoms with Gasteiger partial charge in [-0.25, -0.2) is 0 Å². The van der Waals surface area contributed by atoms with Crippen LogP contribution in [0.25, 0.3) is 0 Å². The lowest BCUT2D eigenvalue weighted by atomic mass is 10.1. The van der Waals surface area contributed by atoms with E-state index in [1.807, 2.05) is 4.90 Å². The van der Waals surface area contributed by atoms with Crippen LogP contribution in [0, 0.1) is 0 Å². The Kier molecular flexibility index (Phi) is 5.17. The zero-order valence-electron chi connectivity index (χ0n) is 11.6. The normalized spacial score (nSPS) is 15.8. The molecular formula is C14H20N2O4. The van der Waals surface area contributed by atoms with E-state index in [4.69, 9.17) is 9.15 Å². The molecule has 0 saturated carbocycles. The number of furan rings is 1. The fraction of sp³-hybridized carbons (Fsp3) is 0.571. The molecule has 1 aromatic heterocycles. The molecule has 0 aromatic carbocycles. The van der Waals surface area contributed by atoms with Crippen LogP contribution in [0.5, 0.6) is 0 Å². The molecule has 0 bridgehead atoms. The molecule has 0 aliphatic carbocycles. The van der Waals surface area contributed by atoms with E-state index in [0.717, 1.165) is 12.8 Å². The monoisotopic (exact) mass is 280 g/mol. The molecule has 1 N–H and O–H groups in total. The van der Waals surface area contributed by atoms with Crippen molar-refractivity contribution in [3.05, 3.63) is 24.2 Å². The molecule has 0 atom stereocenters. The predicted molar refractivity (Wildman–Crippen MR) is 72.3 cm³/mol. The van der Waals surface area contributed by atoms with Crippen LogP contribution in [0.4, 0.5) is 0 Å². The Morgan fingerprint density at radius 1 is 1.40 bits per heavy atom. The number of ether oxygens (including phenoxy) is 1. The third kappa shape index (κ3) is 3.84. The number of hydrogen-bond acceptors (Lipinski definition) is 4. The predicted octanol–water partition coefficient (Wildman–Crippen LogP) is 1.04. The molecule has 1 saturated heterocycles. The molecule has 20 heavy (non-hydrogen) atoms. The van der Waals surface area contributed by atoms with E-state index in [1.165, 1.54) is 12.5 Å². The molecule has 0 radical (unpaired) electrons. The molecular weight excluding hydrogens is 260 g/mol. The van der Waals surface area contributed by atoms with Crippen molar-refractivity contribution < 1.29 is 18.7 Å². The lowest BCUT2D eigenvalue weighted by Crippen LogP contribution is -2.46. The van der Waals surface area contributed by atoms with Gasteiger partial charge in [0.15, 0.2) is 0 Å². The Labute approximate surface area is 118 Å². The van der Waals surface area contributed by atoms with Crippen molar-refractivity contribution in [3.8, 4) is 0 Å². The highest BCUT2D eigenvalue weighted by Gasteiger charge is 2.23. The average Bonchev–Trinajstić information content (AvgIpc) is 2.98. The van der Waals surface area contributed by atoms with Gasteiger partial charge in [0.25, 0.3) is 5.91 Å². The Bertz CT molecular complexity index is 438. The molecule has 6 heteroatoms. The minimum absolute atomic E-state index is 0.0365. The minimum Gasteiger partial charge on any atom is -0.472 e. The van der Waals surface area contributed by atoms with Crippen LogP contribution in [0.3, 0.4) is 0 Å². The van der Waals surface area contributed by atoms with E-state index < -0.39 is 0 Å². The first-order valence-electron chi connectivity index (χ1n) is 6.84. The van der Waals surface area contributed by atoms with Crippen LogP contribution in [-0.2, 0) is 9.53 Å². The molecule has 0 unspecified atom stereocenters. The van der Waals surface area contributed by atoms with E-state index in [1.54, 1.807) is 13.0 Å². The van der Waals surface area contributed by atoms with Gasteiger partial charge in [0.2, 0.25) is 5.91 Å². The maximum absolute atomic E-state index is 11.7. The minimum atomic E-state index is -0.186. The van der Waals surface area contributed by atoms with Gasteiger partial charge in [0, 0.05) is 39.3 Å². The zero-order chi connectivity index (χ0) is 14.4. The van der Waals surface area contributed by atoms with Gasteiger partial charge < -0.3 is 19.4 Å². The lowest BCUT2D eigenvalue weighted by molar-refractivity contribution is -0.132. The van der Waals surface area contributed by atoms with E-state index in [-0.39, 0.29) is 17.9 Å². The van der Waals surface area contributed by atoms with Crippen molar-refractivity contribution in [1.82, 2.24) is 10.2 Å². The summed E-state index contributed by atoms with van der Waals surface area (Å²) in [6.45, 7) is 3.89. The molecule has 6 nitrogen and oxygen atoms in total. The third-order valence-electron chi connectivity index (χ3n) is 3.46. The summed E-state index contributed by atoms with van der Waals surface area (Å²) in [5.41, 5.74) is 0.491. The third-order valence-corrected chi connectivity index (χ3v) is 3.46. The van der Waals surface area contributed by atoms with Crippen LogP contribution < -0.4 is 5.32 Å². The summed E-state index contributed by atoms with van der Waals surface area (Å²) in [5, 5.41) is 2.79. The van der Waals surface area contributed by atoms with Gasteiger partial charge >= 0.3 is 0 Å². The number of nitrogens with one attached hydrogen (secondary N) is 1. The summed E-state index contributed by atoms with van der Waals surface area (Å²) in [6, 6.07) is 1.82. The maximum atomic E-state index is 11.7. The Hall–Kier alpha value is -1.82. The van der Waals surface area contributed by atoms with Crippen LogP contribution >= 0.6 is 0 Å². The van der Waals surface area contributed by atoms with Crippen molar-refractivity contribution in [1.29, 1.82) is 0 Å². The number of amides is 2. The van der Waals surface area contributed by atoms with Gasteiger partial charge in [-0.05, 0) is 18.9 Å². The Morgan fingerprint density at radius 2 is 2.15 bits per heavy atom. The summed E-state index contributed by atoms with van der Waals surface area (Å²) >= 11 is 0. The number of hydrogen-bond donors (Lipinski definition) is 1. The second-order valence-corrected chi connectivity index (χ2v) is 4.82. The molecule has 1 aromatic rings. The summed E-state index contributed by atoms with van der Waals surface area (Å²) in [6.07, 6.45) is 4.57. The summed E-state index contributed by atoms with van der Waals surface area (Å²) in [5.74, 6) is -0.149. The van der Waals surface area contributed by atoms with Gasteiger partial charge in [-0.15, -0.1) is 0 Å². The lowest BCUT2D eigenvalue weighted by Gasteiger charge is -2.33. The standard InChI is InChI=1S/C14H20N2O4/c1-11(17)16(13-3-8-19-9-4-13)6-5-15-14(18)12-2-7-20-10-12/h2,7,10,13H,3-6,8-9H2,1H3,(H,15,18). The van der Waals surface area contributed by atoms with Crippen molar-refractivity contribution >= 4 is 11.8 Å². The van der Waals surface area contributed by atoms with E-state index in [2.05, 4.69) is 5.32 Å². The van der Waals surface area contributed by atoms with Crippen LogP contribution in [0.2, 0.25) is 0 Å². The van der Waals surface area contributed by atoms with E-state index in [0.29, 0.717) is 31.9 Å². The summed E-state index contributed by atoms with van der Waals surface area (Å²) < 4.78 is 10.2. The van der Waals surface area contributed by atoms with E-state index in [9.17, 15) is 9.59 Å². The average molecular weight is 280 g/mol. The second-order valence-electron chi connectivity index (χ2n) is 4.82. The molecule has 1 aliphatic rings. The molecule has 1 aliphatic heterocycles. The van der Waals surface area contributed by atoms with Crippen molar-refractivity contribution in [2.24, 2.45) is 0 Å². The first-order chi connectivity index (χ1) is 9.68. The van der Waals surface area contributed by atoms with Gasteiger partial charge in [-0.1, -0.05) is 0 Å². The molecule has 1 fully saturated rings. The Balaban J connectivity index is 1.80. The number of nitrogens with zero attached hydrogens (tertiary/aromatic N) is 1. The summed E-state index contributed by atoms with van der Waals surface area (Å²) in [4.78, 5) is 25.3. The largest absolute Gasteiger partial charge is 0.472 e. The molecule has 0 spiro atoms. The summed E-state index contributed by atoms with van der Waals surface area (Å²) in [7, 11) is 0. The van der Waals surface area contributed by atoms with Crippen LogP contribution in [-0.4, -0.2) is 49.1 Å². The fourth-order valence-electron chi connectivity index (χ4n) is 2.38. The fourth-order valence-corrected chi connectivity index (χ4v) is 2.38. The molecule has 2 heterocycles.